The van der Waals surface area contributed by atoms with Crippen LogP contribution in [0.5, 0.6) is 0 Å². The van der Waals surface area contributed by atoms with Crippen LogP contribution >= 0.6 is 11.6 Å². The summed E-state index contributed by atoms with van der Waals surface area (Å²) < 4.78 is 195. The molecule has 8 aliphatic carbocycles. The van der Waals surface area contributed by atoms with Crippen LogP contribution in [0, 0.1) is 92.7 Å². The van der Waals surface area contributed by atoms with Gasteiger partial charge in [-0.05, 0) is 232 Å². The molecule has 616 valence electrons. The molecule has 8 saturated carbocycles. The number of aliphatic carboxylic acids is 1. The fourth-order valence-electron chi connectivity index (χ4n) is 19.7. The van der Waals surface area contributed by atoms with Crippen LogP contribution in [0.1, 0.15) is 331 Å². The molecule has 0 radical (unpaired) electrons. The number of hydrogen-bond donors (Lipinski definition) is 2. The van der Waals surface area contributed by atoms with Crippen LogP contribution in [0.2, 0.25) is 0 Å². The van der Waals surface area contributed by atoms with Crippen molar-refractivity contribution in [2.45, 2.75) is 356 Å². The number of aliphatic hydroxyl groups is 1. The van der Waals surface area contributed by atoms with Crippen LogP contribution in [0.15, 0.2) is 0 Å². The van der Waals surface area contributed by atoms with Gasteiger partial charge in [0.1, 0.15) is 11.7 Å². The van der Waals surface area contributed by atoms with E-state index in [-0.39, 0.29) is 56.9 Å². The van der Waals surface area contributed by atoms with Crippen molar-refractivity contribution >= 4 is 35.8 Å². The Balaban J connectivity index is 0.000000663. The topological polar surface area (TPSA) is 178 Å². The molecule has 8 rings (SSSR count). The number of carboxylic acids is 1. The fraction of sp³-hybridized carbons (Fsp3) is 0.948. The van der Waals surface area contributed by atoms with Crippen molar-refractivity contribution in [3.63, 3.8) is 0 Å². The first-order valence-electron chi connectivity index (χ1n) is 39.0. The third-order valence-electron chi connectivity index (χ3n) is 26.1. The zero-order valence-corrected chi connectivity index (χ0v) is 64.7. The van der Waals surface area contributed by atoms with Crippen molar-refractivity contribution in [2.24, 2.45) is 92.7 Å². The first kappa shape index (κ1) is 99.4. The van der Waals surface area contributed by atoms with Gasteiger partial charge in [0.25, 0.3) is 0 Å². The van der Waals surface area contributed by atoms with Crippen molar-refractivity contribution in [2.75, 3.05) is 14.2 Å². The van der Waals surface area contributed by atoms with Crippen LogP contribution in [-0.4, -0.2) is 73.3 Å². The van der Waals surface area contributed by atoms with Gasteiger partial charge in [0.2, 0.25) is 0 Å². The van der Waals surface area contributed by atoms with Gasteiger partial charge in [0, 0.05) is 0 Å². The molecule has 0 bridgehead atoms. The van der Waals surface area contributed by atoms with E-state index in [2.05, 4.69) is 39.4 Å². The standard InChI is InChI=1S/C23H41F3O.C18H29F3O2.C18H30O4.C17H27F3O.CH4.Cr.F4S.FH.3O/c1-3-5-6-7-9-21(27)22(23(24,25)26)16-14-20(15-17-22)19-12-10-18(8-4-2)11-13-19;1-3-4-13-5-7-14(8-6-13)15-9-11-17(12-10-15,16(22)23-2)18(19,20)21;1-3-4-13-5-7-14(8-6-13)15-9-11-18(12-10-15,16(19)20)17(21)22-2;1-2-3-13-4-6-14(7-5-13)15-8-10-16(12-21,11-9-15)17(18,19)20;;;1-5(2,3)4;;;;/h18-21,27H,3-17H2,1-2H3;13-15H,3-12H2,1-2H3;13-15H,3-12H2,1-2H3,(H,19,20);12-15H,2-11H2,1H3;1H4;;;1H;;;. The maximum absolute atomic E-state index is 14.0. The van der Waals surface area contributed by atoms with E-state index in [1.165, 1.54) is 148 Å². The average Bonchev–Trinajstić information content (AvgIpc) is 0.780. The van der Waals surface area contributed by atoms with E-state index in [1.54, 1.807) is 0 Å². The average molecular weight is 1580 g/mol. The molecule has 0 amide bonds. The number of aliphatic hydroxyl groups excluding tert-OH is 1. The Morgan fingerprint density at radius 2 is 0.721 bits per heavy atom. The summed E-state index contributed by atoms with van der Waals surface area (Å²) in [5.74, 6) is 4.99. The molecule has 104 heavy (non-hydrogen) atoms. The van der Waals surface area contributed by atoms with Crippen molar-refractivity contribution in [1.82, 2.24) is 0 Å². The number of carbonyl (C=O) groups excluding carboxylic acids is 3. The SMILES string of the molecule is C.CCCC1CCC(C2CCC(C(=O)O)(C(=O)OC)CC2)CC1.CCCC1CCC(C2CCC(C(=O)OC)(C(F)(F)F)CC2)CC1.CCCC1CCC(C2CCC(C=O)(C(F)(F)F)CC2)CC1.CCCCCCC(O)C1(C(F)(F)F)CCC(C2CCC(CCC)CC2)CC1.F.FS(F)(F)F.[O]=[Cr](=[O])=[O]. The normalized spacial score (nSPS) is 32.9. The summed E-state index contributed by atoms with van der Waals surface area (Å²) in [5.41, 5.74) is -7.46. The molecule has 0 spiro atoms. The predicted molar refractivity (Wildman–Crippen MR) is 373 cm³/mol. The molecule has 1 unspecified atom stereocenters. The molecule has 0 aromatic heterocycles. The van der Waals surface area contributed by atoms with Gasteiger partial charge >= 0.3 is 73.4 Å². The van der Waals surface area contributed by atoms with Crippen LogP contribution < -0.4 is 0 Å². The zero-order chi connectivity index (χ0) is 76.8. The number of alkyl halides is 9. The van der Waals surface area contributed by atoms with Gasteiger partial charge in [-0.15, -0.1) is 0 Å². The van der Waals surface area contributed by atoms with Crippen molar-refractivity contribution < 1.29 is 124 Å². The fourth-order valence-corrected chi connectivity index (χ4v) is 19.7. The van der Waals surface area contributed by atoms with Gasteiger partial charge in [0.05, 0.1) is 25.7 Å². The maximum atomic E-state index is 14.0. The Hall–Kier alpha value is -2.66. The molecule has 11 nitrogen and oxygen atoms in total. The molecule has 8 fully saturated rings. The van der Waals surface area contributed by atoms with Gasteiger partial charge in [-0.3, -0.25) is 19.1 Å². The molecule has 0 aliphatic heterocycles. The quantitative estimate of drug-likeness (QED) is 0.0346. The number of halogens is 14. The summed E-state index contributed by atoms with van der Waals surface area (Å²) in [7, 11) is 2.34. The van der Waals surface area contributed by atoms with E-state index < -0.39 is 89.7 Å². The zero-order valence-electron chi connectivity index (χ0n) is 62.6. The van der Waals surface area contributed by atoms with Crippen LogP contribution in [0.3, 0.4) is 0 Å². The molecule has 27 heteroatoms. The van der Waals surface area contributed by atoms with Crippen LogP contribution in [0.25, 0.3) is 0 Å². The monoisotopic (exact) mass is 1580 g/mol. The summed E-state index contributed by atoms with van der Waals surface area (Å²) in [5, 5.41) is 20.0. The second-order valence-corrected chi connectivity index (χ2v) is 33.3. The predicted octanol–water partition coefficient (Wildman–Crippen LogP) is 25.5. The molecular weight excluding hydrogens is 1450 g/mol. The molecule has 8 aliphatic rings. The number of methoxy groups -OCH3 is 2. The van der Waals surface area contributed by atoms with Crippen LogP contribution in [0.4, 0.5) is 59.8 Å². The van der Waals surface area contributed by atoms with Crippen molar-refractivity contribution in [1.29, 1.82) is 0 Å². The summed E-state index contributed by atoms with van der Waals surface area (Å²) in [6.07, 6.45) is 25.7. The Kier molecular flexibility index (Phi) is 45.4. The molecule has 0 aromatic rings. The van der Waals surface area contributed by atoms with Gasteiger partial charge in [-0.2, -0.15) is 39.5 Å². The number of hydrogen-bond acceptors (Lipinski definition) is 10. The Labute approximate surface area is 619 Å². The van der Waals surface area contributed by atoms with Gasteiger partial charge < -0.3 is 24.5 Å². The first-order chi connectivity index (χ1) is 47.9. The third-order valence-corrected chi connectivity index (χ3v) is 26.1. The van der Waals surface area contributed by atoms with E-state index in [4.69, 9.17) is 16.1 Å². The molecule has 2 N–H and O–H groups in total. The number of carbonyl (C=O) groups is 4. The van der Waals surface area contributed by atoms with Crippen molar-refractivity contribution in [3.8, 4) is 0 Å². The number of aldehydes is 1. The van der Waals surface area contributed by atoms with Gasteiger partial charge in [-0.25, -0.2) is 0 Å². The number of unbranched alkanes of at least 4 members (excludes halogenated alkanes) is 3. The molecule has 0 aromatic carbocycles. The number of esters is 2. The van der Waals surface area contributed by atoms with E-state index >= 15 is 0 Å². The minimum atomic E-state index is -6.17. The number of ether oxygens (including phenoxy) is 2. The Morgan fingerprint density at radius 1 is 0.442 bits per heavy atom. The Morgan fingerprint density at radius 3 is 0.962 bits per heavy atom. The summed E-state index contributed by atoms with van der Waals surface area (Å²) in [6, 6.07) is 0. The van der Waals surface area contributed by atoms with E-state index in [9.17, 15) is 84.4 Å². The summed E-state index contributed by atoms with van der Waals surface area (Å²) >= 11 is -9.96. The second kappa shape index (κ2) is 47.5. The molecular formula is C77H132CrF14O11S. The first-order valence-corrected chi connectivity index (χ1v) is 41.8. The summed E-state index contributed by atoms with van der Waals surface area (Å²) in [6.45, 7) is 11.0. The van der Waals surface area contributed by atoms with Crippen LogP contribution in [-0.2, 0) is 54.0 Å². The molecule has 1 atom stereocenters. The molecule has 0 saturated heterocycles. The third kappa shape index (κ3) is 30.5. The van der Waals surface area contributed by atoms with Gasteiger partial charge in [0.15, 0.2) is 10.8 Å². The number of rotatable bonds is 22. The number of carboxylic acid groups (broad SMARTS) is 1. The van der Waals surface area contributed by atoms with Gasteiger partial charge in [-0.1, -0.05) is 186 Å². The second-order valence-electron chi connectivity index (χ2n) is 31.9. The van der Waals surface area contributed by atoms with E-state index in [1.807, 2.05) is 0 Å². The van der Waals surface area contributed by atoms with E-state index in [0.29, 0.717) is 106 Å². The summed E-state index contributed by atoms with van der Waals surface area (Å²) in [4.78, 5) is 46.3. The minimum absolute atomic E-state index is 0. The molecule has 0 heterocycles. The Bertz CT molecular complexity index is 2460. The van der Waals surface area contributed by atoms with E-state index in [0.717, 1.165) is 81.6 Å². The van der Waals surface area contributed by atoms with Crippen molar-refractivity contribution in [3.05, 3.63) is 0 Å².